The number of aryl methyl sites for hydroxylation is 1. The number of hydrogen-bond donors (Lipinski definition) is 0. The van der Waals surface area contributed by atoms with Gasteiger partial charge in [-0.25, -0.2) is 0 Å². The van der Waals surface area contributed by atoms with E-state index in [1.165, 1.54) is 22.3 Å². The van der Waals surface area contributed by atoms with E-state index in [9.17, 15) is 0 Å². The zero-order valence-electron chi connectivity index (χ0n) is 12.8. The number of aromatic nitrogens is 1. The van der Waals surface area contributed by atoms with E-state index in [1.54, 1.807) is 0 Å². The van der Waals surface area contributed by atoms with E-state index in [1.807, 2.05) is 13.1 Å². The van der Waals surface area contributed by atoms with Crippen LogP contribution in [-0.4, -0.2) is 23.0 Å². The number of rotatable bonds is 3. The average Bonchev–Trinajstić information content (AvgIpc) is 2.51. The molecule has 108 valence electrons. The van der Waals surface area contributed by atoms with E-state index >= 15 is 0 Å². The molecule has 0 aliphatic carbocycles. The van der Waals surface area contributed by atoms with Gasteiger partial charge < -0.3 is 0 Å². The predicted molar refractivity (Wildman–Crippen MR) is 87.9 cm³/mol. The molecule has 0 N–H and O–H groups in total. The highest BCUT2D eigenvalue weighted by Gasteiger charge is 2.18. The van der Waals surface area contributed by atoms with Crippen molar-refractivity contribution in [2.24, 2.45) is 0 Å². The molecule has 0 amide bonds. The fraction of sp³-hybridized carbons (Fsp3) is 0.316. The van der Waals surface area contributed by atoms with Crippen LogP contribution < -0.4 is 0 Å². The van der Waals surface area contributed by atoms with Gasteiger partial charge in [-0.1, -0.05) is 42.0 Å². The summed E-state index contributed by atoms with van der Waals surface area (Å²) in [6.07, 6.45) is 3.16. The highest BCUT2D eigenvalue weighted by Crippen LogP contribution is 2.27. The first-order valence-corrected chi connectivity index (χ1v) is 7.60. The van der Waals surface area contributed by atoms with Crippen molar-refractivity contribution < 1.29 is 0 Å². The summed E-state index contributed by atoms with van der Waals surface area (Å²) in [6, 6.07) is 15.0. The topological polar surface area (TPSA) is 16.1 Å². The Balaban J connectivity index is 1.77. The summed E-state index contributed by atoms with van der Waals surface area (Å²) < 4.78 is 0. The summed E-state index contributed by atoms with van der Waals surface area (Å²) in [7, 11) is 0. The standard InChI is InChI=1S/C19H22N2/c1-15-10-11-21(13-17-6-4-3-5-7-17)14-19(15)18-9-8-16(2)20-12-18/h3-9,12H,10-11,13-14H2,1-2H3. The molecule has 1 aliphatic heterocycles. The summed E-state index contributed by atoms with van der Waals surface area (Å²) >= 11 is 0. The Morgan fingerprint density at radius 2 is 1.86 bits per heavy atom. The minimum Gasteiger partial charge on any atom is -0.294 e. The van der Waals surface area contributed by atoms with Gasteiger partial charge in [0.2, 0.25) is 0 Å². The minimum absolute atomic E-state index is 1.02. The van der Waals surface area contributed by atoms with Crippen LogP contribution in [0.3, 0.4) is 0 Å². The third-order valence-corrected chi connectivity index (χ3v) is 4.21. The monoisotopic (exact) mass is 278 g/mol. The maximum Gasteiger partial charge on any atom is 0.0373 e. The lowest BCUT2D eigenvalue weighted by Crippen LogP contribution is -2.30. The number of benzene rings is 1. The number of nitrogens with zero attached hydrogens (tertiary/aromatic N) is 2. The number of hydrogen-bond acceptors (Lipinski definition) is 2. The Hall–Kier alpha value is -1.93. The smallest absolute Gasteiger partial charge is 0.0373 e. The van der Waals surface area contributed by atoms with Gasteiger partial charge in [0.25, 0.3) is 0 Å². The summed E-state index contributed by atoms with van der Waals surface area (Å²) in [5.74, 6) is 0. The van der Waals surface area contributed by atoms with Gasteiger partial charge in [0.1, 0.15) is 0 Å². The van der Waals surface area contributed by atoms with Gasteiger partial charge in [0.15, 0.2) is 0 Å². The van der Waals surface area contributed by atoms with Crippen molar-refractivity contribution in [1.29, 1.82) is 0 Å². The van der Waals surface area contributed by atoms with Crippen LogP contribution >= 0.6 is 0 Å². The third kappa shape index (κ3) is 3.40. The maximum absolute atomic E-state index is 4.45. The van der Waals surface area contributed by atoms with Crippen molar-refractivity contribution in [3.8, 4) is 0 Å². The summed E-state index contributed by atoms with van der Waals surface area (Å²) in [6.45, 7) is 7.48. The molecule has 0 spiro atoms. The SMILES string of the molecule is CC1=C(c2ccc(C)nc2)CN(Cc2ccccc2)CC1. The lowest BCUT2D eigenvalue weighted by molar-refractivity contribution is 0.292. The predicted octanol–water partition coefficient (Wildman–Crippen LogP) is 4.07. The molecule has 0 unspecified atom stereocenters. The molecule has 2 heterocycles. The molecule has 1 aromatic carbocycles. The van der Waals surface area contributed by atoms with Gasteiger partial charge in [0.05, 0.1) is 0 Å². The van der Waals surface area contributed by atoms with Crippen LogP contribution in [0.4, 0.5) is 0 Å². The first-order valence-electron chi connectivity index (χ1n) is 7.60. The molecule has 0 saturated carbocycles. The molecule has 2 nitrogen and oxygen atoms in total. The van der Waals surface area contributed by atoms with Crippen LogP contribution in [0.2, 0.25) is 0 Å². The summed E-state index contributed by atoms with van der Waals surface area (Å²) in [5, 5.41) is 0. The Labute approximate surface area is 127 Å². The molecule has 0 atom stereocenters. The number of pyridine rings is 1. The quantitative estimate of drug-likeness (QED) is 0.841. The molecular weight excluding hydrogens is 256 g/mol. The normalized spacial score (nSPS) is 16.3. The largest absolute Gasteiger partial charge is 0.294 e. The van der Waals surface area contributed by atoms with Crippen molar-refractivity contribution in [2.75, 3.05) is 13.1 Å². The molecule has 2 aromatic rings. The van der Waals surface area contributed by atoms with Crippen molar-refractivity contribution in [2.45, 2.75) is 26.8 Å². The van der Waals surface area contributed by atoms with Gasteiger partial charge >= 0.3 is 0 Å². The van der Waals surface area contributed by atoms with E-state index in [0.29, 0.717) is 0 Å². The van der Waals surface area contributed by atoms with Crippen molar-refractivity contribution >= 4 is 5.57 Å². The van der Waals surface area contributed by atoms with E-state index in [4.69, 9.17) is 0 Å². The van der Waals surface area contributed by atoms with Crippen molar-refractivity contribution in [3.63, 3.8) is 0 Å². The lowest BCUT2D eigenvalue weighted by atomic mass is 9.95. The molecule has 0 radical (unpaired) electrons. The maximum atomic E-state index is 4.45. The Morgan fingerprint density at radius 1 is 1.05 bits per heavy atom. The first-order chi connectivity index (χ1) is 10.2. The molecular formula is C19H22N2. The van der Waals surface area contributed by atoms with Crippen molar-refractivity contribution in [1.82, 2.24) is 9.88 Å². The highest BCUT2D eigenvalue weighted by atomic mass is 15.1. The van der Waals surface area contributed by atoms with Crippen LogP contribution in [0.5, 0.6) is 0 Å². The Morgan fingerprint density at radius 3 is 2.57 bits per heavy atom. The average molecular weight is 278 g/mol. The molecule has 1 aliphatic rings. The molecule has 0 fully saturated rings. The molecule has 0 bridgehead atoms. The Kier molecular flexibility index (Phi) is 4.16. The minimum atomic E-state index is 1.02. The second kappa shape index (κ2) is 6.23. The van der Waals surface area contributed by atoms with Gasteiger partial charge in [0, 0.05) is 31.5 Å². The van der Waals surface area contributed by atoms with Crippen LogP contribution in [0.1, 0.15) is 30.2 Å². The van der Waals surface area contributed by atoms with Gasteiger partial charge in [-0.05, 0) is 43.0 Å². The summed E-state index contributed by atoms with van der Waals surface area (Å²) in [5.41, 5.74) is 6.69. The molecule has 21 heavy (non-hydrogen) atoms. The molecule has 3 rings (SSSR count). The van der Waals surface area contributed by atoms with Crippen molar-refractivity contribution in [3.05, 3.63) is 71.1 Å². The molecule has 1 aromatic heterocycles. The van der Waals surface area contributed by atoms with Crippen LogP contribution in [0.25, 0.3) is 5.57 Å². The summed E-state index contributed by atoms with van der Waals surface area (Å²) in [4.78, 5) is 6.97. The van der Waals surface area contributed by atoms with Gasteiger partial charge in [-0.2, -0.15) is 0 Å². The lowest BCUT2D eigenvalue weighted by Gasteiger charge is -2.30. The van der Waals surface area contributed by atoms with Gasteiger partial charge in [-0.15, -0.1) is 0 Å². The first kappa shape index (κ1) is 14.0. The second-order valence-corrected chi connectivity index (χ2v) is 5.89. The van der Waals surface area contributed by atoms with Crippen LogP contribution in [0, 0.1) is 6.92 Å². The molecule has 2 heteroatoms. The Bertz CT molecular complexity index is 626. The second-order valence-electron chi connectivity index (χ2n) is 5.89. The zero-order valence-corrected chi connectivity index (χ0v) is 12.8. The van der Waals surface area contributed by atoms with E-state index in [0.717, 1.165) is 31.7 Å². The van der Waals surface area contributed by atoms with E-state index in [2.05, 4.69) is 59.3 Å². The fourth-order valence-electron chi connectivity index (χ4n) is 2.87. The fourth-order valence-corrected chi connectivity index (χ4v) is 2.87. The van der Waals surface area contributed by atoms with Gasteiger partial charge in [-0.3, -0.25) is 9.88 Å². The van der Waals surface area contributed by atoms with Crippen LogP contribution in [0.15, 0.2) is 54.2 Å². The zero-order chi connectivity index (χ0) is 14.7. The van der Waals surface area contributed by atoms with E-state index in [-0.39, 0.29) is 0 Å². The molecule has 0 saturated heterocycles. The van der Waals surface area contributed by atoms with E-state index < -0.39 is 0 Å². The van der Waals surface area contributed by atoms with Crippen LogP contribution in [-0.2, 0) is 6.54 Å². The highest BCUT2D eigenvalue weighted by molar-refractivity contribution is 5.70. The third-order valence-electron chi connectivity index (χ3n) is 4.21.